The van der Waals surface area contributed by atoms with Crippen LogP contribution in [0.15, 0.2) is 22.4 Å². The third kappa shape index (κ3) is 3.16. The van der Waals surface area contributed by atoms with Crippen molar-refractivity contribution in [1.29, 1.82) is 0 Å². The largest absolute Gasteiger partial charge is 0.365 e. The summed E-state index contributed by atoms with van der Waals surface area (Å²) in [6.07, 6.45) is 1.32. The van der Waals surface area contributed by atoms with Gasteiger partial charge in [-0.1, -0.05) is 6.07 Å². The summed E-state index contributed by atoms with van der Waals surface area (Å²) in [6.45, 7) is 0.484. The van der Waals surface area contributed by atoms with Crippen molar-refractivity contribution in [3.8, 4) is 0 Å². The second-order valence-corrected chi connectivity index (χ2v) is 8.78. The predicted molar refractivity (Wildman–Crippen MR) is 101 cm³/mol. The summed E-state index contributed by atoms with van der Waals surface area (Å²) < 4.78 is 26.9. The van der Waals surface area contributed by atoms with E-state index in [0.29, 0.717) is 22.7 Å². The molecule has 6 nitrogen and oxygen atoms in total. The number of nitrogens with one attached hydrogen (secondary N) is 1. The number of carbonyl (C=O) groups excluding carboxylic acids is 3. The molecule has 146 valence electrons. The zero-order valence-corrected chi connectivity index (χ0v) is 16.1. The van der Waals surface area contributed by atoms with Crippen molar-refractivity contribution < 1.29 is 23.2 Å². The minimum absolute atomic E-state index is 0.0791. The molecule has 1 aromatic carbocycles. The van der Waals surface area contributed by atoms with E-state index in [9.17, 15) is 23.2 Å². The Kier molecular flexibility index (Phi) is 4.84. The van der Waals surface area contributed by atoms with Gasteiger partial charge in [0, 0.05) is 12.3 Å². The molecule has 3 amide bonds. The molecule has 2 aliphatic rings. The average Bonchev–Trinajstić information content (AvgIpc) is 3.25. The maximum absolute atomic E-state index is 13.4. The molecule has 10 heteroatoms. The van der Waals surface area contributed by atoms with Gasteiger partial charge < -0.3 is 16.0 Å². The SMILES string of the molecule is NC(=O)c1c(SCc2ccc(F)c(F)c2)sc2c1NC(=O)[C@H]1CCCN1C2=O. The van der Waals surface area contributed by atoms with Crippen LogP contribution in [0.4, 0.5) is 14.5 Å². The minimum atomic E-state index is -0.960. The number of nitrogens with two attached hydrogens (primary N) is 1. The Hall–Kier alpha value is -2.46. The van der Waals surface area contributed by atoms with Gasteiger partial charge in [0.2, 0.25) is 5.91 Å². The second-order valence-electron chi connectivity index (χ2n) is 6.52. The fourth-order valence-corrected chi connectivity index (χ4v) is 5.84. The summed E-state index contributed by atoms with van der Waals surface area (Å²) in [7, 11) is 0. The third-order valence-corrected chi connectivity index (χ3v) is 7.25. The number of hydrogen-bond donors (Lipinski definition) is 2. The van der Waals surface area contributed by atoms with Crippen molar-refractivity contribution in [2.45, 2.75) is 28.8 Å². The number of rotatable bonds is 4. The number of carbonyl (C=O) groups is 3. The van der Waals surface area contributed by atoms with Crippen LogP contribution in [0, 0.1) is 11.6 Å². The lowest BCUT2D eigenvalue weighted by Gasteiger charge is -2.19. The zero-order valence-electron chi connectivity index (χ0n) is 14.5. The number of amides is 3. The van der Waals surface area contributed by atoms with Crippen molar-refractivity contribution in [3.05, 3.63) is 45.8 Å². The van der Waals surface area contributed by atoms with E-state index in [2.05, 4.69) is 5.32 Å². The van der Waals surface area contributed by atoms with Crippen LogP contribution in [0.3, 0.4) is 0 Å². The first kappa shape index (κ1) is 18.9. The van der Waals surface area contributed by atoms with E-state index >= 15 is 0 Å². The quantitative estimate of drug-likeness (QED) is 0.740. The molecule has 0 spiro atoms. The van der Waals surface area contributed by atoms with Crippen LogP contribution >= 0.6 is 23.1 Å². The highest BCUT2D eigenvalue weighted by Gasteiger charge is 2.41. The monoisotopic (exact) mass is 423 g/mol. The van der Waals surface area contributed by atoms with Gasteiger partial charge in [-0.05, 0) is 30.5 Å². The Morgan fingerprint density at radius 2 is 2.11 bits per heavy atom. The van der Waals surface area contributed by atoms with Crippen LogP contribution in [0.1, 0.15) is 38.4 Å². The van der Waals surface area contributed by atoms with Gasteiger partial charge in [0.1, 0.15) is 10.9 Å². The third-order valence-electron chi connectivity index (χ3n) is 4.74. The summed E-state index contributed by atoms with van der Waals surface area (Å²) in [6, 6.07) is 3.01. The van der Waals surface area contributed by atoms with E-state index in [1.165, 1.54) is 22.7 Å². The van der Waals surface area contributed by atoms with E-state index in [1.54, 1.807) is 0 Å². The van der Waals surface area contributed by atoms with Gasteiger partial charge in [0.15, 0.2) is 11.6 Å². The Morgan fingerprint density at radius 1 is 1.32 bits per heavy atom. The lowest BCUT2D eigenvalue weighted by molar-refractivity contribution is -0.119. The van der Waals surface area contributed by atoms with Crippen LogP contribution in [0.2, 0.25) is 0 Å². The first-order valence-corrected chi connectivity index (χ1v) is 10.3. The summed E-state index contributed by atoms with van der Waals surface area (Å²) >= 11 is 2.26. The van der Waals surface area contributed by atoms with Gasteiger partial charge in [-0.3, -0.25) is 14.4 Å². The van der Waals surface area contributed by atoms with E-state index < -0.39 is 23.6 Å². The van der Waals surface area contributed by atoms with Crippen molar-refractivity contribution in [2.75, 3.05) is 11.9 Å². The molecule has 1 atom stereocenters. The Balaban J connectivity index is 1.68. The predicted octanol–water partition coefficient (Wildman–Crippen LogP) is 2.97. The molecule has 3 N–H and O–H groups in total. The van der Waals surface area contributed by atoms with Crippen molar-refractivity contribution in [3.63, 3.8) is 0 Å². The number of nitrogens with zero attached hydrogens (tertiary/aromatic N) is 1. The van der Waals surface area contributed by atoms with Crippen LogP contribution in [-0.4, -0.2) is 35.2 Å². The smallest absolute Gasteiger partial charge is 0.266 e. The van der Waals surface area contributed by atoms with Gasteiger partial charge in [-0.25, -0.2) is 8.78 Å². The molecule has 28 heavy (non-hydrogen) atoms. The molecule has 3 heterocycles. The molecule has 0 radical (unpaired) electrons. The first-order valence-electron chi connectivity index (χ1n) is 8.52. The number of thiophene rings is 1. The number of fused-ring (bicyclic) bond motifs is 2. The number of halogens is 2. The topological polar surface area (TPSA) is 92.5 Å². The second kappa shape index (κ2) is 7.17. The van der Waals surface area contributed by atoms with Crippen molar-refractivity contribution in [2.24, 2.45) is 5.73 Å². The normalized spacial score (nSPS) is 18.5. The van der Waals surface area contributed by atoms with Crippen LogP contribution < -0.4 is 11.1 Å². The summed E-state index contributed by atoms with van der Waals surface area (Å²) in [5, 5.41) is 2.69. The van der Waals surface area contributed by atoms with Crippen molar-refractivity contribution >= 4 is 46.5 Å². The number of primary amides is 1. The van der Waals surface area contributed by atoms with Crippen LogP contribution in [-0.2, 0) is 10.5 Å². The minimum Gasteiger partial charge on any atom is -0.365 e. The molecule has 0 aliphatic carbocycles. The zero-order chi connectivity index (χ0) is 20.0. The van der Waals surface area contributed by atoms with Crippen molar-refractivity contribution in [1.82, 2.24) is 4.90 Å². The van der Waals surface area contributed by atoms with E-state index in [-0.39, 0.29) is 33.7 Å². The Morgan fingerprint density at radius 3 is 2.82 bits per heavy atom. The molecule has 2 aromatic rings. The molecular formula is C18H15F2N3O3S2. The molecule has 1 saturated heterocycles. The molecule has 0 saturated carbocycles. The van der Waals surface area contributed by atoms with Gasteiger partial charge in [0.25, 0.3) is 11.8 Å². The maximum atomic E-state index is 13.4. The van der Waals surface area contributed by atoms with E-state index in [0.717, 1.165) is 29.9 Å². The van der Waals surface area contributed by atoms with Gasteiger partial charge in [-0.2, -0.15) is 0 Å². The van der Waals surface area contributed by atoms with E-state index in [1.807, 2.05) is 0 Å². The highest BCUT2D eigenvalue weighted by atomic mass is 32.2. The molecule has 1 aromatic heterocycles. The lowest BCUT2D eigenvalue weighted by atomic mass is 10.2. The Labute approximate surface area is 167 Å². The van der Waals surface area contributed by atoms with Gasteiger partial charge >= 0.3 is 0 Å². The average molecular weight is 423 g/mol. The van der Waals surface area contributed by atoms with Crippen LogP contribution in [0.5, 0.6) is 0 Å². The number of benzene rings is 1. The van der Waals surface area contributed by atoms with Gasteiger partial charge in [0.05, 0.1) is 15.5 Å². The number of anilines is 1. The van der Waals surface area contributed by atoms with Gasteiger partial charge in [-0.15, -0.1) is 23.1 Å². The summed E-state index contributed by atoms with van der Waals surface area (Å²) in [5.41, 5.74) is 6.26. The molecule has 0 unspecified atom stereocenters. The lowest BCUT2D eigenvalue weighted by Crippen LogP contribution is -2.40. The fraction of sp³-hybridized carbons (Fsp3) is 0.278. The van der Waals surface area contributed by atoms with Crippen LogP contribution in [0.25, 0.3) is 0 Å². The molecule has 2 aliphatic heterocycles. The summed E-state index contributed by atoms with van der Waals surface area (Å²) in [5.74, 6) is -3.06. The molecular weight excluding hydrogens is 408 g/mol. The van der Waals surface area contributed by atoms with E-state index in [4.69, 9.17) is 5.73 Å². The molecule has 1 fully saturated rings. The molecule has 0 bridgehead atoms. The fourth-order valence-electron chi connectivity index (χ4n) is 3.40. The number of hydrogen-bond acceptors (Lipinski definition) is 5. The summed E-state index contributed by atoms with van der Waals surface area (Å²) in [4.78, 5) is 39.3. The molecule has 4 rings (SSSR count). The first-order chi connectivity index (χ1) is 13.4. The Bertz CT molecular complexity index is 1010. The highest BCUT2D eigenvalue weighted by molar-refractivity contribution is 8.00. The highest BCUT2D eigenvalue weighted by Crippen LogP contribution is 2.43. The standard InChI is InChI=1S/C18H15F2N3O3S2/c19-9-4-3-8(6-10(9)20)7-27-18-12(15(21)24)13-14(28-18)17(26)23-5-1-2-11(23)16(25)22-13/h3-4,6,11H,1-2,5,7H2,(H2,21,24)(H,22,25)/t11-/m1/s1. The maximum Gasteiger partial charge on any atom is 0.266 e. The number of thioether (sulfide) groups is 1.